The lowest BCUT2D eigenvalue weighted by Crippen LogP contribution is -2.36. The van der Waals surface area contributed by atoms with Crippen LogP contribution < -0.4 is 11.1 Å². The predicted molar refractivity (Wildman–Crippen MR) is 39.6 cm³/mol. The number of amides is 1. The molecular weight excluding hydrogens is 140 g/mol. The minimum absolute atomic E-state index is 0. The summed E-state index contributed by atoms with van der Waals surface area (Å²) in [6, 6.07) is 0.104. The second kappa shape index (κ2) is 5.85. The van der Waals surface area contributed by atoms with Crippen LogP contribution in [-0.4, -0.2) is 18.5 Å². The topological polar surface area (TPSA) is 55.1 Å². The molecule has 0 saturated carbocycles. The normalized spacial score (nSPS) is 11.4. The van der Waals surface area contributed by atoms with E-state index in [2.05, 4.69) is 5.32 Å². The van der Waals surface area contributed by atoms with Crippen LogP contribution in [0.15, 0.2) is 0 Å². The number of carbonyl (C=O) groups is 1. The Kier molecular flexibility index (Phi) is 7.48. The van der Waals surface area contributed by atoms with Crippen molar-refractivity contribution in [3.8, 4) is 0 Å². The number of hydrogen-bond donors (Lipinski definition) is 2. The molecule has 0 aromatic rings. The second-order valence-corrected chi connectivity index (χ2v) is 1.84. The Hall–Kier alpha value is -0.280. The van der Waals surface area contributed by atoms with Gasteiger partial charge in [0.1, 0.15) is 0 Å². The molecule has 0 bridgehead atoms. The van der Waals surface area contributed by atoms with E-state index in [1.165, 1.54) is 6.92 Å². The average Bonchev–Trinajstić information content (AvgIpc) is 1.65. The lowest BCUT2D eigenvalue weighted by atomic mass is 10.3. The first kappa shape index (κ1) is 11.5. The van der Waals surface area contributed by atoms with E-state index in [9.17, 15) is 4.79 Å². The van der Waals surface area contributed by atoms with Gasteiger partial charge in [-0.25, -0.2) is 0 Å². The van der Waals surface area contributed by atoms with Gasteiger partial charge in [-0.1, -0.05) is 0 Å². The summed E-state index contributed by atoms with van der Waals surface area (Å²) in [7, 11) is 0. The van der Waals surface area contributed by atoms with E-state index in [4.69, 9.17) is 5.73 Å². The van der Waals surface area contributed by atoms with E-state index in [1.807, 2.05) is 6.92 Å². The summed E-state index contributed by atoms with van der Waals surface area (Å²) in [5.41, 5.74) is 5.21. The van der Waals surface area contributed by atoms with Gasteiger partial charge in [0, 0.05) is 19.5 Å². The largest absolute Gasteiger partial charge is 0.353 e. The minimum Gasteiger partial charge on any atom is -0.353 e. The van der Waals surface area contributed by atoms with Gasteiger partial charge in [0.25, 0.3) is 0 Å². The molecule has 3 nitrogen and oxygen atoms in total. The first-order valence-corrected chi connectivity index (χ1v) is 2.64. The standard InChI is InChI=1S/C5H12N2O.ClH/c1-4(3-6)7-5(2)8;/h4H,3,6H2,1-2H3,(H,7,8);1H. The number of halogens is 1. The SMILES string of the molecule is CC(=O)NC(C)CN.Cl. The van der Waals surface area contributed by atoms with Gasteiger partial charge >= 0.3 is 0 Å². The first-order valence-electron chi connectivity index (χ1n) is 2.64. The average molecular weight is 153 g/mol. The summed E-state index contributed by atoms with van der Waals surface area (Å²) in [4.78, 5) is 10.2. The van der Waals surface area contributed by atoms with Gasteiger partial charge in [-0.3, -0.25) is 4.79 Å². The van der Waals surface area contributed by atoms with Crippen LogP contribution >= 0.6 is 12.4 Å². The Morgan fingerprint density at radius 2 is 2.22 bits per heavy atom. The highest BCUT2D eigenvalue weighted by molar-refractivity contribution is 5.85. The molecule has 0 heterocycles. The van der Waals surface area contributed by atoms with Crippen molar-refractivity contribution in [3.63, 3.8) is 0 Å². The van der Waals surface area contributed by atoms with E-state index in [-0.39, 0.29) is 24.4 Å². The molecule has 0 aliphatic heterocycles. The molecule has 56 valence electrons. The van der Waals surface area contributed by atoms with Gasteiger partial charge in [0.2, 0.25) is 5.91 Å². The third kappa shape index (κ3) is 7.72. The Morgan fingerprint density at radius 1 is 1.78 bits per heavy atom. The molecule has 0 aromatic heterocycles. The van der Waals surface area contributed by atoms with E-state index in [1.54, 1.807) is 0 Å². The molecule has 4 heteroatoms. The van der Waals surface area contributed by atoms with Gasteiger partial charge in [-0.05, 0) is 6.92 Å². The fourth-order valence-electron chi connectivity index (χ4n) is 0.406. The Balaban J connectivity index is 0. The zero-order chi connectivity index (χ0) is 6.57. The Bertz CT molecular complexity index is 87.0. The van der Waals surface area contributed by atoms with Crippen LogP contribution in [0.1, 0.15) is 13.8 Å². The number of rotatable bonds is 2. The number of nitrogens with two attached hydrogens (primary N) is 1. The fraction of sp³-hybridized carbons (Fsp3) is 0.800. The van der Waals surface area contributed by atoms with Crippen molar-refractivity contribution in [2.24, 2.45) is 5.73 Å². The molecule has 1 unspecified atom stereocenters. The van der Waals surface area contributed by atoms with Crippen molar-refractivity contribution in [3.05, 3.63) is 0 Å². The molecular formula is C5H13ClN2O. The highest BCUT2D eigenvalue weighted by Gasteiger charge is 1.96. The van der Waals surface area contributed by atoms with E-state index in [0.717, 1.165) is 0 Å². The van der Waals surface area contributed by atoms with Crippen LogP contribution in [0.5, 0.6) is 0 Å². The zero-order valence-corrected chi connectivity index (χ0v) is 6.49. The Labute approximate surface area is 61.4 Å². The van der Waals surface area contributed by atoms with Crippen LogP contribution in [0.2, 0.25) is 0 Å². The zero-order valence-electron chi connectivity index (χ0n) is 5.68. The maximum atomic E-state index is 10.2. The highest BCUT2D eigenvalue weighted by atomic mass is 35.5. The minimum atomic E-state index is -0.0250. The van der Waals surface area contributed by atoms with Crippen molar-refractivity contribution in [2.45, 2.75) is 19.9 Å². The summed E-state index contributed by atoms with van der Waals surface area (Å²) in [5, 5.41) is 2.63. The molecule has 3 N–H and O–H groups in total. The molecule has 0 spiro atoms. The molecule has 0 aromatic carbocycles. The third-order valence-corrected chi connectivity index (χ3v) is 0.803. The lowest BCUT2D eigenvalue weighted by Gasteiger charge is -2.07. The van der Waals surface area contributed by atoms with Crippen molar-refractivity contribution in [1.82, 2.24) is 5.32 Å². The van der Waals surface area contributed by atoms with Gasteiger partial charge in [0.15, 0.2) is 0 Å². The molecule has 1 amide bonds. The summed E-state index contributed by atoms with van der Waals surface area (Å²) in [5.74, 6) is -0.0250. The monoisotopic (exact) mass is 152 g/mol. The molecule has 1 atom stereocenters. The molecule has 0 radical (unpaired) electrons. The molecule has 9 heavy (non-hydrogen) atoms. The van der Waals surface area contributed by atoms with Gasteiger partial charge in [-0.2, -0.15) is 0 Å². The maximum Gasteiger partial charge on any atom is 0.217 e. The number of nitrogens with one attached hydrogen (secondary N) is 1. The summed E-state index contributed by atoms with van der Waals surface area (Å²) in [6.07, 6.45) is 0. The molecule has 0 aliphatic carbocycles. The van der Waals surface area contributed by atoms with Gasteiger partial charge in [0.05, 0.1) is 0 Å². The predicted octanol–water partition coefficient (Wildman–Crippen LogP) is -0.108. The van der Waals surface area contributed by atoms with Crippen LogP contribution in [0.25, 0.3) is 0 Å². The smallest absolute Gasteiger partial charge is 0.217 e. The first-order chi connectivity index (χ1) is 3.66. The van der Waals surface area contributed by atoms with Crippen LogP contribution in [0, 0.1) is 0 Å². The van der Waals surface area contributed by atoms with Crippen LogP contribution in [-0.2, 0) is 4.79 Å². The maximum absolute atomic E-state index is 10.2. The van der Waals surface area contributed by atoms with E-state index < -0.39 is 0 Å². The van der Waals surface area contributed by atoms with Crippen molar-refractivity contribution in [2.75, 3.05) is 6.54 Å². The molecule has 0 saturated heterocycles. The van der Waals surface area contributed by atoms with Gasteiger partial charge < -0.3 is 11.1 Å². The fourth-order valence-corrected chi connectivity index (χ4v) is 0.406. The van der Waals surface area contributed by atoms with Crippen molar-refractivity contribution in [1.29, 1.82) is 0 Å². The number of carbonyl (C=O) groups excluding carboxylic acids is 1. The Morgan fingerprint density at radius 3 is 2.33 bits per heavy atom. The number of hydrogen-bond acceptors (Lipinski definition) is 2. The quantitative estimate of drug-likeness (QED) is 0.580. The van der Waals surface area contributed by atoms with Crippen molar-refractivity contribution < 1.29 is 4.79 Å². The summed E-state index contributed by atoms with van der Waals surface area (Å²) >= 11 is 0. The lowest BCUT2D eigenvalue weighted by molar-refractivity contribution is -0.119. The van der Waals surface area contributed by atoms with Crippen LogP contribution in [0.4, 0.5) is 0 Å². The van der Waals surface area contributed by atoms with Crippen molar-refractivity contribution >= 4 is 18.3 Å². The van der Waals surface area contributed by atoms with Crippen LogP contribution in [0.3, 0.4) is 0 Å². The molecule has 0 rings (SSSR count). The van der Waals surface area contributed by atoms with E-state index >= 15 is 0 Å². The third-order valence-electron chi connectivity index (χ3n) is 0.803. The van der Waals surface area contributed by atoms with E-state index in [0.29, 0.717) is 6.54 Å². The molecule has 0 aliphatic rings. The second-order valence-electron chi connectivity index (χ2n) is 1.84. The summed E-state index contributed by atoms with van der Waals surface area (Å²) < 4.78 is 0. The van der Waals surface area contributed by atoms with Gasteiger partial charge in [-0.15, -0.1) is 12.4 Å². The molecule has 0 fully saturated rings. The highest BCUT2D eigenvalue weighted by Crippen LogP contribution is 1.73. The summed E-state index contributed by atoms with van der Waals surface area (Å²) in [6.45, 7) is 3.84.